The monoisotopic (exact) mass is 306 g/mol. The number of ether oxygens (including phenoxy) is 1. The van der Waals surface area contributed by atoms with Gasteiger partial charge in [-0.1, -0.05) is 0 Å². The number of carbonyl (C=O) groups excluding carboxylic acids is 1. The fourth-order valence-corrected chi connectivity index (χ4v) is 2.90. The Labute approximate surface area is 126 Å². The van der Waals surface area contributed by atoms with Gasteiger partial charge in [0.2, 0.25) is 5.92 Å². The van der Waals surface area contributed by atoms with Crippen molar-refractivity contribution >= 4 is 6.09 Å². The van der Waals surface area contributed by atoms with Crippen LogP contribution in [-0.2, 0) is 4.74 Å². The first-order valence-electron chi connectivity index (χ1n) is 7.59. The van der Waals surface area contributed by atoms with E-state index in [2.05, 4.69) is 10.6 Å². The molecule has 1 rings (SSSR count). The molecule has 0 spiro atoms. The molecular formula is C15H28F2N2O2. The number of nitrogens with one attached hydrogen (secondary N) is 2. The first kappa shape index (κ1) is 18.1. The number of hydrogen-bond acceptors (Lipinski definition) is 3. The van der Waals surface area contributed by atoms with E-state index < -0.39 is 17.6 Å². The molecule has 0 heterocycles. The Morgan fingerprint density at radius 1 is 1.29 bits per heavy atom. The zero-order valence-electron chi connectivity index (χ0n) is 13.6. The highest BCUT2D eigenvalue weighted by Crippen LogP contribution is 2.37. The first-order valence-corrected chi connectivity index (χ1v) is 7.59. The maximum absolute atomic E-state index is 13.2. The van der Waals surface area contributed by atoms with E-state index >= 15 is 0 Å². The van der Waals surface area contributed by atoms with E-state index in [4.69, 9.17) is 4.74 Å². The van der Waals surface area contributed by atoms with Gasteiger partial charge in [-0.3, -0.25) is 0 Å². The average Bonchev–Trinajstić information content (AvgIpc) is 2.29. The molecule has 1 aliphatic carbocycles. The van der Waals surface area contributed by atoms with Crippen molar-refractivity contribution in [1.82, 2.24) is 10.6 Å². The van der Waals surface area contributed by atoms with Gasteiger partial charge in [-0.25, -0.2) is 13.6 Å². The third-order valence-corrected chi connectivity index (χ3v) is 3.89. The molecule has 124 valence electrons. The van der Waals surface area contributed by atoms with E-state index in [1.165, 1.54) is 0 Å². The van der Waals surface area contributed by atoms with E-state index in [9.17, 15) is 13.6 Å². The van der Waals surface area contributed by atoms with Crippen molar-refractivity contribution in [3.63, 3.8) is 0 Å². The molecule has 4 nitrogen and oxygen atoms in total. The van der Waals surface area contributed by atoms with E-state index in [0.29, 0.717) is 12.8 Å². The van der Waals surface area contributed by atoms with Gasteiger partial charge in [0.15, 0.2) is 0 Å². The van der Waals surface area contributed by atoms with Crippen molar-refractivity contribution < 1.29 is 18.3 Å². The fourth-order valence-electron chi connectivity index (χ4n) is 2.90. The summed E-state index contributed by atoms with van der Waals surface area (Å²) in [6.07, 6.45) is 0.318. The molecule has 2 N–H and O–H groups in total. The SMILES string of the molecule is CN[C@@H](C1CCC(F)(F)CC1)[C@H](C)NC(=O)OC(C)(C)C. The molecule has 0 unspecified atom stereocenters. The second-order valence-electron chi connectivity index (χ2n) is 6.94. The molecular weight excluding hydrogens is 278 g/mol. The van der Waals surface area contributed by atoms with Crippen molar-refractivity contribution in [2.45, 2.75) is 77.0 Å². The van der Waals surface area contributed by atoms with Crippen molar-refractivity contribution in [3.05, 3.63) is 0 Å². The Balaban J connectivity index is 2.54. The number of hydrogen-bond donors (Lipinski definition) is 2. The summed E-state index contributed by atoms with van der Waals surface area (Å²) in [7, 11) is 1.80. The first-order chi connectivity index (χ1) is 9.54. The molecule has 21 heavy (non-hydrogen) atoms. The molecule has 0 bridgehead atoms. The molecule has 0 saturated heterocycles. The van der Waals surface area contributed by atoms with Crippen LogP contribution in [0, 0.1) is 5.92 Å². The third kappa shape index (κ3) is 6.16. The normalized spacial score (nSPS) is 22.4. The minimum atomic E-state index is -2.53. The summed E-state index contributed by atoms with van der Waals surface area (Å²) in [5.74, 6) is -2.39. The molecule has 2 atom stereocenters. The van der Waals surface area contributed by atoms with Gasteiger partial charge in [-0.05, 0) is 53.5 Å². The third-order valence-electron chi connectivity index (χ3n) is 3.89. The Kier molecular flexibility index (Phi) is 5.96. The summed E-state index contributed by atoms with van der Waals surface area (Å²) in [4.78, 5) is 11.8. The lowest BCUT2D eigenvalue weighted by Gasteiger charge is -2.37. The lowest BCUT2D eigenvalue weighted by atomic mass is 9.80. The zero-order chi connectivity index (χ0) is 16.3. The molecule has 0 radical (unpaired) electrons. The number of amides is 1. The lowest BCUT2D eigenvalue weighted by Crippen LogP contribution is -2.52. The number of carbonyl (C=O) groups is 1. The van der Waals surface area contributed by atoms with Crippen LogP contribution >= 0.6 is 0 Å². The van der Waals surface area contributed by atoms with Gasteiger partial charge >= 0.3 is 6.09 Å². The number of likely N-dealkylation sites (N-methyl/N-ethyl adjacent to an activating group) is 1. The summed E-state index contributed by atoms with van der Waals surface area (Å²) in [5.41, 5.74) is -0.550. The quantitative estimate of drug-likeness (QED) is 0.838. The van der Waals surface area contributed by atoms with Crippen LogP contribution in [0.3, 0.4) is 0 Å². The van der Waals surface area contributed by atoms with Crippen LogP contribution < -0.4 is 10.6 Å². The van der Waals surface area contributed by atoms with Gasteiger partial charge in [-0.15, -0.1) is 0 Å². The molecule has 1 aliphatic rings. The van der Waals surface area contributed by atoms with Gasteiger partial charge < -0.3 is 15.4 Å². The van der Waals surface area contributed by atoms with Gasteiger partial charge in [0.05, 0.1) is 0 Å². The Hall–Kier alpha value is -0.910. The molecule has 0 aliphatic heterocycles. The van der Waals surface area contributed by atoms with Crippen LogP contribution in [0.4, 0.5) is 13.6 Å². The Morgan fingerprint density at radius 2 is 1.81 bits per heavy atom. The molecule has 1 fully saturated rings. The van der Waals surface area contributed by atoms with Crippen molar-refractivity contribution in [2.24, 2.45) is 5.92 Å². The van der Waals surface area contributed by atoms with Crippen LogP contribution in [0.1, 0.15) is 53.4 Å². The van der Waals surface area contributed by atoms with Gasteiger partial charge in [0.25, 0.3) is 0 Å². The number of alkyl halides is 2. The summed E-state index contributed by atoms with van der Waals surface area (Å²) < 4.78 is 31.7. The van der Waals surface area contributed by atoms with Gasteiger partial charge in [0, 0.05) is 24.9 Å². The highest BCUT2D eigenvalue weighted by atomic mass is 19.3. The lowest BCUT2D eigenvalue weighted by molar-refractivity contribution is -0.0507. The second-order valence-corrected chi connectivity index (χ2v) is 6.94. The molecule has 6 heteroatoms. The average molecular weight is 306 g/mol. The Bertz CT molecular complexity index is 346. The van der Waals surface area contributed by atoms with Gasteiger partial charge in [0.1, 0.15) is 5.60 Å². The summed E-state index contributed by atoms with van der Waals surface area (Å²) >= 11 is 0. The zero-order valence-corrected chi connectivity index (χ0v) is 13.6. The van der Waals surface area contributed by atoms with E-state index in [1.807, 2.05) is 6.92 Å². The van der Waals surface area contributed by atoms with Gasteiger partial charge in [-0.2, -0.15) is 0 Å². The summed E-state index contributed by atoms with van der Waals surface area (Å²) in [5, 5.41) is 5.95. The summed E-state index contributed by atoms with van der Waals surface area (Å²) in [6, 6.07) is -0.213. The minimum absolute atomic E-state index is 0.0337. The Morgan fingerprint density at radius 3 is 2.24 bits per heavy atom. The fraction of sp³-hybridized carbons (Fsp3) is 0.933. The smallest absolute Gasteiger partial charge is 0.407 e. The predicted molar refractivity (Wildman–Crippen MR) is 78.6 cm³/mol. The second kappa shape index (κ2) is 6.90. The maximum atomic E-state index is 13.2. The topological polar surface area (TPSA) is 50.4 Å². The molecule has 0 aromatic carbocycles. The number of rotatable bonds is 4. The predicted octanol–water partition coefficient (Wildman–Crippen LogP) is 3.31. The molecule has 0 aromatic rings. The van der Waals surface area contributed by atoms with Crippen LogP contribution in [0.2, 0.25) is 0 Å². The van der Waals surface area contributed by atoms with Crippen LogP contribution in [0.25, 0.3) is 0 Å². The highest BCUT2D eigenvalue weighted by Gasteiger charge is 2.39. The molecule has 1 amide bonds. The van der Waals surface area contributed by atoms with Crippen LogP contribution in [0.5, 0.6) is 0 Å². The van der Waals surface area contributed by atoms with Crippen LogP contribution in [0.15, 0.2) is 0 Å². The van der Waals surface area contributed by atoms with E-state index in [0.717, 1.165) is 0 Å². The maximum Gasteiger partial charge on any atom is 0.407 e. The minimum Gasteiger partial charge on any atom is -0.444 e. The highest BCUT2D eigenvalue weighted by molar-refractivity contribution is 5.68. The van der Waals surface area contributed by atoms with E-state index in [1.54, 1.807) is 27.8 Å². The van der Waals surface area contributed by atoms with E-state index in [-0.39, 0.29) is 30.8 Å². The van der Waals surface area contributed by atoms with Crippen molar-refractivity contribution in [2.75, 3.05) is 7.05 Å². The summed E-state index contributed by atoms with van der Waals surface area (Å²) in [6.45, 7) is 7.28. The van der Waals surface area contributed by atoms with Crippen molar-refractivity contribution in [1.29, 1.82) is 0 Å². The van der Waals surface area contributed by atoms with Crippen LogP contribution in [-0.4, -0.2) is 36.7 Å². The molecule has 1 saturated carbocycles. The largest absolute Gasteiger partial charge is 0.444 e. The number of halogens is 2. The molecule has 0 aromatic heterocycles. The standard InChI is InChI=1S/C15H28F2N2O2/c1-10(19-13(20)21-14(2,3)4)12(18-5)11-6-8-15(16,17)9-7-11/h10-12,18H,6-9H2,1-5H3,(H,19,20)/t10-,12+/m0/s1. The number of alkyl carbamates (subject to hydrolysis) is 1. The van der Waals surface area contributed by atoms with Crippen molar-refractivity contribution in [3.8, 4) is 0 Å².